The lowest BCUT2D eigenvalue weighted by Gasteiger charge is -2.32. The molecule has 6 heteroatoms. The van der Waals surface area contributed by atoms with E-state index in [2.05, 4.69) is 54.5 Å². The third-order valence-corrected chi connectivity index (χ3v) is 10.6. The van der Waals surface area contributed by atoms with Crippen molar-refractivity contribution in [3.05, 3.63) is 29.3 Å². The molecule has 2 N–H and O–H groups in total. The molecule has 38 heavy (non-hydrogen) atoms. The highest BCUT2D eigenvalue weighted by Crippen LogP contribution is 2.39. The number of hydrogen-bond acceptors (Lipinski definition) is 4. The van der Waals surface area contributed by atoms with Gasteiger partial charge in [-0.2, -0.15) is 0 Å². The number of benzene rings is 1. The average molecular weight is 552 g/mol. The number of amides is 1. The molecule has 0 aliphatic rings. The van der Waals surface area contributed by atoms with Crippen LogP contribution in [0.15, 0.2) is 18.2 Å². The Kier molecular flexibility index (Phi) is 14.4. The second-order valence-corrected chi connectivity index (χ2v) is 14.6. The first-order valence-corrected chi connectivity index (χ1v) is 16.8. The summed E-state index contributed by atoms with van der Waals surface area (Å²) in [7, 11) is -3.71. The topological polar surface area (TPSA) is 86.5 Å². The Morgan fingerprint density at radius 3 is 1.82 bits per heavy atom. The lowest BCUT2D eigenvalue weighted by molar-refractivity contribution is -0.122. The van der Waals surface area contributed by atoms with Crippen molar-refractivity contribution in [1.82, 2.24) is 0 Å². The first kappa shape index (κ1) is 34.5. The molecule has 0 radical (unpaired) electrons. The van der Waals surface area contributed by atoms with E-state index in [9.17, 15) is 13.2 Å². The van der Waals surface area contributed by atoms with Crippen LogP contribution >= 0.6 is 0 Å². The van der Waals surface area contributed by atoms with E-state index in [1.807, 2.05) is 12.1 Å². The van der Waals surface area contributed by atoms with Crippen LogP contribution in [0.1, 0.15) is 144 Å². The van der Waals surface area contributed by atoms with Gasteiger partial charge >= 0.3 is 0 Å². The minimum Gasteiger partial charge on any atom is -0.473 e. The Morgan fingerprint density at radius 2 is 1.34 bits per heavy atom. The number of hydrogen-bond donors (Lipinski definition) is 1. The van der Waals surface area contributed by atoms with E-state index in [4.69, 9.17) is 10.5 Å². The highest BCUT2D eigenvalue weighted by molar-refractivity contribution is 7.91. The van der Waals surface area contributed by atoms with Gasteiger partial charge in [-0.25, -0.2) is 8.42 Å². The van der Waals surface area contributed by atoms with Gasteiger partial charge in [-0.3, -0.25) is 4.79 Å². The van der Waals surface area contributed by atoms with Crippen molar-refractivity contribution in [3.8, 4) is 5.75 Å². The van der Waals surface area contributed by atoms with Crippen LogP contribution in [-0.2, 0) is 25.5 Å². The fourth-order valence-electron chi connectivity index (χ4n) is 4.63. The largest absolute Gasteiger partial charge is 0.473 e. The van der Waals surface area contributed by atoms with Crippen LogP contribution in [0.5, 0.6) is 5.75 Å². The third-order valence-electron chi connectivity index (χ3n) is 8.49. The van der Waals surface area contributed by atoms with Crippen molar-refractivity contribution in [2.45, 2.75) is 149 Å². The van der Waals surface area contributed by atoms with Crippen molar-refractivity contribution in [2.75, 3.05) is 5.75 Å². The predicted octanol–water partition coefficient (Wildman–Crippen LogP) is 8.22. The van der Waals surface area contributed by atoms with E-state index < -0.39 is 27.1 Å². The first-order valence-electron chi connectivity index (χ1n) is 15.1. The summed E-state index contributed by atoms with van der Waals surface area (Å²) in [5.74, 6) is -1.09. The molecular formula is C32H57NO4S. The summed E-state index contributed by atoms with van der Waals surface area (Å²) in [4.78, 5) is 12.2. The molecular weight excluding hydrogens is 494 g/mol. The number of nitrogens with two attached hydrogens (primary N) is 1. The van der Waals surface area contributed by atoms with Crippen LogP contribution in [0.4, 0.5) is 0 Å². The van der Waals surface area contributed by atoms with E-state index in [1.54, 1.807) is 6.92 Å². The highest BCUT2D eigenvalue weighted by atomic mass is 32.2. The molecule has 1 rings (SSSR count). The van der Waals surface area contributed by atoms with Crippen molar-refractivity contribution in [2.24, 2.45) is 11.7 Å². The molecule has 1 amide bonds. The van der Waals surface area contributed by atoms with Gasteiger partial charge in [0.25, 0.3) is 0 Å². The number of ether oxygens (including phenoxy) is 1. The molecule has 2 atom stereocenters. The third kappa shape index (κ3) is 10.5. The van der Waals surface area contributed by atoms with Gasteiger partial charge in [0.2, 0.25) is 11.3 Å². The van der Waals surface area contributed by atoms with E-state index in [-0.39, 0.29) is 16.6 Å². The number of carbonyl (C=O) groups is 1. The Hall–Kier alpha value is -1.56. The molecule has 0 aliphatic carbocycles. The van der Waals surface area contributed by atoms with Gasteiger partial charge in [0.1, 0.15) is 5.75 Å². The summed E-state index contributed by atoms with van der Waals surface area (Å²) in [5, 5.41) is 0. The fraction of sp³-hybridized carbons (Fsp3) is 0.781. The van der Waals surface area contributed by atoms with Gasteiger partial charge in [-0.15, -0.1) is 0 Å². The van der Waals surface area contributed by atoms with E-state index in [0.717, 1.165) is 37.7 Å². The molecule has 0 aliphatic heterocycles. The molecule has 220 valence electrons. The van der Waals surface area contributed by atoms with Crippen molar-refractivity contribution in [3.63, 3.8) is 0 Å². The molecule has 0 saturated heterocycles. The van der Waals surface area contributed by atoms with Gasteiger partial charge in [0, 0.05) is 5.56 Å². The molecule has 0 spiro atoms. The number of rotatable bonds is 20. The highest BCUT2D eigenvalue weighted by Gasteiger charge is 2.37. The van der Waals surface area contributed by atoms with E-state index in [0.29, 0.717) is 12.2 Å². The minimum absolute atomic E-state index is 0.000754. The monoisotopic (exact) mass is 551 g/mol. The van der Waals surface area contributed by atoms with Gasteiger partial charge in [-0.05, 0) is 48.6 Å². The summed E-state index contributed by atoms with van der Waals surface area (Å²) < 4.78 is 33.3. The predicted molar refractivity (Wildman–Crippen MR) is 161 cm³/mol. The lowest BCUT2D eigenvalue weighted by atomic mass is 9.76. The average Bonchev–Trinajstić information content (AvgIpc) is 2.87. The molecule has 1 aromatic carbocycles. The van der Waals surface area contributed by atoms with Gasteiger partial charge < -0.3 is 10.5 Å². The fourth-order valence-corrected chi connectivity index (χ4v) is 6.47. The lowest BCUT2D eigenvalue weighted by Crippen LogP contribution is -2.42. The molecule has 2 unspecified atom stereocenters. The Morgan fingerprint density at radius 1 is 0.842 bits per heavy atom. The molecule has 0 bridgehead atoms. The van der Waals surface area contributed by atoms with Crippen LogP contribution in [-0.4, -0.2) is 25.5 Å². The normalized spacial score (nSPS) is 14.3. The van der Waals surface area contributed by atoms with E-state index >= 15 is 0 Å². The standard InChI is InChI=1S/C32H57NO4S/c1-9-12-13-14-15-16-17-18-19-20-23-38(35,36)30(25(4)29(33)34)37-28-22-21-26(31(5,6)10-2)24-27(28)32(7,8)11-3/h21-22,24-25,30H,9-20,23H2,1-8H3,(H2,33,34). The number of sulfone groups is 1. The quantitative estimate of drug-likeness (QED) is 0.165. The van der Waals surface area contributed by atoms with Crippen molar-refractivity contribution < 1.29 is 17.9 Å². The minimum atomic E-state index is -3.71. The smallest absolute Gasteiger partial charge is 0.225 e. The van der Waals surface area contributed by atoms with Crippen LogP contribution in [0, 0.1) is 5.92 Å². The van der Waals surface area contributed by atoms with Gasteiger partial charge in [0.05, 0.1) is 11.7 Å². The number of primary amides is 1. The summed E-state index contributed by atoms with van der Waals surface area (Å²) in [6.07, 6.45) is 13.1. The maximum Gasteiger partial charge on any atom is 0.225 e. The van der Waals surface area contributed by atoms with Crippen LogP contribution in [0.3, 0.4) is 0 Å². The summed E-state index contributed by atoms with van der Waals surface area (Å²) in [6.45, 7) is 16.8. The molecule has 5 nitrogen and oxygen atoms in total. The van der Waals surface area contributed by atoms with Crippen LogP contribution < -0.4 is 10.5 Å². The zero-order valence-electron chi connectivity index (χ0n) is 25.7. The maximum absolute atomic E-state index is 13.5. The van der Waals surface area contributed by atoms with Crippen molar-refractivity contribution in [1.29, 1.82) is 0 Å². The Labute approximate surface area is 234 Å². The molecule has 0 saturated carbocycles. The van der Waals surface area contributed by atoms with Crippen LogP contribution in [0.25, 0.3) is 0 Å². The number of unbranched alkanes of at least 4 members (excludes halogenated alkanes) is 9. The van der Waals surface area contributed by atoms with Crippen LogP contribution in [0.2, 0.25) is 0 Å². The summed E-state index contributed by atoms with van der Waals surface area (Å²) in [5.41, 5.74) is 6.23. The Bertz CT molecular complexity index is 952. The first-order chi connectivity index (χ1) is 17.7. The van der Waals surface area contributed by atoms with E-state index in [1.165, 1.54) is 44.1 Å². The molecule has 1 aromatic rings. The zero-order chi connectivity index (χ0) is 29.0. The second kappa shape index (κ2) is 15.9. The SMILES string of the molecule is CCCCCCCCCCCCS(=O)(=O)C(Oc1ccc(C(C)(C)CC)cc1C(C)(C)CC)C(C)C(N)=O. The van der Waals surface area contributed by atoms with Gasteiger partial charge in [-0.1, -0.05) is 118 Å². The second-order valence-electron chi connectivity index (χ2n) is 12.4. The zero-order valence-corrected chi connectivity index (χ0v) is 26.5. The molecule has 0 aromatic heterocycles. The summed E-state index contributed by atoms with van der Waals surface area (Å²) >= 11 is 0. The molecule has 0 fully saturated rings. The van der Waals surface area contributed by atoms with Gasteiger partial charge in [0.15, 0.2) is 9.84 Å². The van der Waals surface area contributed by atoms with Crippen molar-refractivity contribution >= 4 is 15.7 Å². The maximum atomic E-state index is 13.5. The molecule has 0 heterocycles. The number of carbonyl (C=O) groups excluding carboxylic acids is 1. The Balaban J connectivity index is 3.04. The summed E-state index contributed by atoms with van der Waals surface area (Å²) in [6, 6.07) is 6.06.